The number of unbranched alkanes of at least 4 members (excludes halogenated alkanes) is 4. The molecule has 0 heterocycles. The molecule has 2 rings (SSSR count). The van der Waals surface area contributed by atoms with E-state index in [1.165, 1.54) is 79.2 Å². The first-order valence-corrected chi connectivity index (χ1v) is 14.3. The lowest BCUT2D eigenvalue weighted by molar-refractivity contribution is 0.470. The fourth-order valence-corrected chi connectivity index (χ4v) is 5.25. The van der Waals surface area contributed by atoms with Crippen LogP contribution >= 0.6 is 0 Å². The fourth-order valence-electron chi connectivity index (χ4n) is 5.25. The summed E-state index contributed by atoms with van der Waals surface area (Å²) in [6, 6.07) is 11.5. The number of aromatic hydroxyl groups is 1. The van der Waals surface area contributed by atoms with Gasteiger partial charge in [-0.2, -0.15) is 0 Å². The van der Waals surface area contributed by atoms with E-state index in [4.69, 9.17) is 0 Å². The van der Waals surface area contributed by atoms with Crippen LogP contribution in [0.4, 0.5) is 0 Å². The van der Waals surface area contributed by atoms with Crippen molar-refractivity contribution in [3.63, 3.8) is 0 Å². The Morgan fingerprint density at radius 3 is 1.63 bits per heavy atom. The molecule has 1 heteroatoms. The van der Waals surface area contributed by atoms with Crippen LogP contribution in [0.1, 0.15) is 155 Å². The molecular weight excluding hydrogens is 424 g/mol. The van der Waals surface area contributed by atoms with Gasteiger partial charge >= 0.3 is 0 Å². The van der Waals surface area contributed by atoms with Gasteiger partial charge in [0.15, 0.2) is 0 Å². The van der Waals surface area contributed by atoms with Crippen molar-refractivity contribution in [1.29, 1.82) is 0 Å². The van der Waals surface area contributed by atoms with Gasteiger partial charge in [-0.1, -0.05) is 132 Å². The molecule has 0 fully saturated rings. The van der Waals surface area contributed by atoms with Crippen molar-refractivity contribution in [3.8, 4) is 16.9 Å². The highest BCUT2D eigenvalue weighted by Crippen LogP contribution is 2.46. The molecular formula is C34H54O. The maximum absolute atomic E-state index is 11.5. The fraction of sp³-hybridized carbons (Fsp3) is 0.647. The minimum atomic E-state index is -0.0623. The van der Waals surface area contributed by atoms with Crippen LogP contribution in [0.3, 0.4) is 0 Å². The monoisotopic (exact) mass is 478 g/mol. The lowest BCUT2D eigenvalue weighted by atomic mass is 9.74. The zero-order chi connectivity index (χ0) is 26.4. The minimum absolute atomic E-state index is 0.0117. The third-order valence-corrected chi connectivity index (χ3v) is 7.69. The molecule has 0 amide bonds. The molecule has 0 aromatic heterocycles. The third-order valence-electron chi connectivity index (χ3n) is 7.69. The van der Waals surface area contributed by atoms with E-state index < -0.39 is 0 Å². The van der Waals surface area contributed by atoms with Crippen molar-refractivity contribution >= 4 is 0 Å². The van der Waals surface area contributed by atoms with Crippen molar-refractivity contribution < 1.29 is 5.11 Å². The van der Waals surface area contributed by atoms with Crippen molar-refractivity contribution in [2.75, 3.05) is 0 Å². The van der Waals surface area contributed by atoms with Gasteiger partial charge in [0.05, 0.1) is 0 Å². The highest BCUT2D eigenvalue weighted by Gasteiger charge is 2.28. The van der Waals surface area contributed by atoms with Crippen LogP contribution in [0.2, 0.25) is 0 Å². The Bertz CT molecular complexity index is 938. The molecule has 1 N–H and O–H groups in total. The van der Waals surface area contributed by atoms with Crippen LogP contribution in [0.25, 0.3) is 11.1 Å². The van der Waals surface area contributed by atoms with Crippen LogP contribution in [0, 0.1) is 0 Å². The average Bonchev–Trinajstić information content (AvgIpc) is 2.77. The summed E-state index contributed by atoms with van der Waals surface area (Å²) in [7, 11) is 0. The molecule has 196 valence electrons. The summed E-state index contributed by atoms with van der Waals surface area (Å²) < 4.78 is 0. The molecule has 2 atom stereocenters. The van der Waals surface area contributed by atoms with Crippen LogP contribution in [-0.4, -0.2) is 5.11 Å². The first-order valence-electron chi connectivity index (χ1n) is 14.3. The Labute approximate surface area is 217 Å². The predicted molar refractivity (Wildman–Crippen MR) is 156 cm³/mol. The summed E-state index contributed by atoms with van der Waals surface area (Å²) in [5.74, 6) is 1.44. The molecule has 0 aliphatic heterocycles. The predicted octanol–water partition coefficient (Wildman–Crippen LogP) is 11.0. The largest absolute Gasteiger partial charge is 0.507 e. The summed E-state index contributed by atoms with van der Waals surface area (Å²) in [5, 5.41) is 11.5. The quantitative estimate of drug-likeness (QED) is 0.318. The van der Waals surface area contributed by atoms with Gasteiger partial charge in [0.2, 0.25) is 0 Å². The van der Waals surface area contributed by atoms with Gasteiger partial charge in [-0.25, -0.2) is 0 Å². The molecule has 0 spiro atoms. The number of hydrogen-bond acceptors (Lipinski definition) is 1. The first-order chi connectivity index (χ1) is 16.3. The summed E-state index contributed by atoms with van der Waals surface area (Å²) >= 11 is 0. The van der Waals surface area contributed by atoms with E-state index in [0.29, 0.717) is 17.6 Å². The maximum Gasteiger partial charge on any atom is 0.123 e. The summed E-state index contributed by atoms with van der Waals surface area (Å²) in [4.78, 5) is 0. The van der Waals surface area contributed by atoms with E-state index in [0.717, 1.165) is 5.56 Å². The lowest BCUT2D eigenvalue weighted by Crippen LogP contribution is -2.17. The smallest absolute Gasteiger partial charge is 0.123 e. The van der Waals surface area contributed by atoms with Crippen molar-refractivity contribution in [2.24, 2.45) is 0 Å². The maximum atomic E-state index is 11.5. The van der Waals surface area contributed by atoms with Gasteiger partial charge in [-0.05, 0) is 69.4 Å². The Kier molecular flexibility index (Phi) is 10.5. The molecule has 2 aromatic rings. The second-order valence-electron chi connectivity index (χ2n) is 13.1. The van der Waals surface area contributed by atoms with E-state index in [1.54, 1.807) is 0 Å². The van der Waals surface area contributed by atoms with Gasteiger partial charge in [0, 0.05) is 5.56 Å². The average molecular weight is 479 g/mol. The van der Waals surface area contributed by atoms with E-state index in [2.05, 4.69) is 99.6 Å². The van der Waals surface area contributed by atoms with Crippen molar-refractivity contribution in [2.45, 2.75) is 143 Å². The summed E-state index contributed by atoms with van der Waals surface area (Å²) in [6.07, 6.45) is 10.0. The van der Waals surface area contributed by atoms with Gasteiger partial charge in [0.25, 0.3) is 0 Å². The van der Waals surface area contributed by atoms with E-state index in [-0.39, 0.29) is 10.8 Å². The summed E-state index contributed by atoms with van der Waals surface area (Å²) in [6.45, 7) is 22.9. The second-order valence-corrected chi connectivity index (χ2v) is 13.1. The molecule has 2 unspecified atom stereocenters. The second kappa shape index (κ2) is 12.5. The van der Waals surface area contributed by atoms with E-state index >= 15 is 0 Å². The Hall–Kier alpha value is -1.76. The Balaban J connectivity index is 2.63. The normalized spacial score (nSPS) is 14.2. The number of phenols is 1. The molecule has 0 radical (unpaired) electrons. The number of rotatable bonds is 11. The van der Waals surface area contributed by atoms with E-state index in [1.807, 2.05) is 0 Å². The number of hydrogen-bond donors (Lipinski definition) is 1. The van der Waals surface area contributed by atoms with Crippen LogP contribution in [0.15, 0.2) is 30.3 Å². The van der Waals surface area contributed by atoms with E-state index in [9.17, 15) is 5.11 Å². The first kappa shape index (κ1) is 29.5. The minimum Gasteiger partial charge on any atom is -0.507 e. The number of benzene rings is 2. The Morgan fingerprint density at radius 1 is 0.657 bits per heavy atom. The molecule has 0 saturated carbocycles. The van der Waals surface area contributed by atoms with Gasteiger partial charge in [0.1, 0.15) is 5.75 Å². The number of phenolic OH excluding ortho intramolecular Hbond substituents is 1. The van der Waals surface area contributed by atoms with Gasteiger partial charge < -0.3 is 5.11 Å². The van der Waals surface area contributed by atoms with Crippen LogP contribution in [-0.2, 0) is 10.8 Å². The zero-order valence-electron chi connectivity index (χ0n) is 24.6. The lowest BCUT2D eigenvalue weighted by Gasteiger charge is -2.30. The standard InChI is InChI=1S/C34H54O/c1-11-13-15-17-24(3)26-19-20-28(29(21-26)33(5,6)7)32-30(34(8,9)10)22-27(23-31(32)35)25(4)18-16-14-12-2/h19-25,35H,11-18H2,1-10H3. The van der Waals surface area contributed by atoms with Crippen molar-refractivity contribution in [3.05, 3.63) is 52.6 Å². The van der Waals surface area contributed by atoms with Gasteiger partial charge in [-0.15, -0.1) is 0 Å². The molecule has 0 aliphatic rings. The molecule has 35 heavy (non-hydrogen) atoms. The van der Waals surface area contributed by atoms with Crippen molar-refractivity contribution in [1.82, 2.24) is 0 Å². The SMILES string of the molecule is CCCCCC(C)c1ccc(-c2c(O)cc(C(C)CCCCC)cc2C(C)(C)C)c(C(C)(C)C)c1. The third kappa shape index (κ3) is 7.86. The topological polar surface area (TPSA) is 20.2 Å². The molecule has 1 nitrogen and oxygen atoms in total. The highest BCUT2D eigenvalue weighted by molar-refractivity contribution is 5.79. The highest BCUT2D eigenvalue weighted by atomic mass is 16.3. The van der Waals surface area contributed by atoms with Crippen LogP contribution < -0.4 is 0 Å². The molecule has 0 aliphatic carbocycles. The molecule has 0 saturated heterocycles. The zero-order valence-corrected chi connectivity index (χ0v) is 24.6. The molecule has 2 aromatic carbocycles. The van der Waals surface area contributed by atoms with Gasteiger partial charge in [-0.3, -0.25) is 0 Å². The summed E-state index contributed by atoms with van der Waals surface area (Å²) in [5.41, 5.74) is 7.42. The Morgan fingerprint density at radius 2 is 1.14 bits per heavy atom. The van der Waals surface area contributed by atoms with Crippen LogP contribution in [0.5, 0.6) is 5.75 Å². The molecule has 0 bridgehead atoms.